The first-order chi connectivity index (χ1) is 15.2. The Bertz CT molecular complexity index is 1250. The van der Waals surface area contributed by atoms with Gasteiger partial charge in [0, 0.05) is 11.8 Å². The van der Waals surface area contributed by atoms with Gasteiger partial charge in [0.2, 0.25) is 0 Å². The highest BCUT2D eigenvalue weighted by molar-refractivity contribution is 7.13. The van der Waals surface area contributed by atoms with Crippen LogP contribution in [0.25, 0.3) is 33.6 Å². The maximum atomic E-state index is 9.88. The minimum Gasteiger partial charge on any atom is -0.414 e. The number of nitrogen functional groups attached to an aromatic ring is 1. The van der Waals surface area contributed by atoms with E-state index in [1.54, 1.807) is 12.4 Å². The van der Waals surface area contributed by atoms with E-state index in [-0.39, 0.29) is 11.7 Å². The fraction of sp³-hybridized carbons (Fsp3) is 0.238. The number of nitriles is 1. The van der Waals surface area contributed by atoms with Crippen LogP contribution in [0.5, 0.6) is 0 Å². The SMILES string of the molecule is N#CC1(c2cc(-c3cnc(N)c(-c4nnc(-c5cccs5)o4)n3)ccn2)CCNCC1. The number of rotatable bonds is 4. The van der Waals surface area contributed by atoms with Crippen molar-refractivity contribution in [3.05, 3.63) is 47.7 Å². The van der Waals surface area contributed by atoms with Crippen molar-refractivity contribution in [2.75, 3.05) is 18.8 Å². The molecule has 0 atom stereocenters. The standard InChI is InChI=1S/C21H18N8OS/c22-12-21(4-7-24-8-5-21)16-10-13(3-6-25-16)14-11-26-18(23)17(27-14)20-29-28-19(30-20)15-2-1-9-31-15/h1-3,6,9-11,24H,4-5,7-8H2,(H2,23,26). The van der Waals surface area contributed by atoms with E-state index < -0.39 is 5.41 Å². The topological polar surface area (TPSA) is 139 Å². The lowest BCUT2D eigenvalue weighted by Crippen LogP contribution is -2.39. The molecule has 5 heterocycles. The number of thiophene rings is 1. The molecule has 4 aromatic rings. The molecule has 0 amide bonds. The van der Waals surface area contributed by atoms with Crippen molar-refractivity contribution in [2.45, 2.75) is 18.3 Å². The summed E-state index contributed by atoms with van der Waals surface area (Å²) < 4.78 is 5.78. The summed E-state index contributed by atoms with van der Waals surface area (Å²) in [6, 6.07) is 10.0. The fourth-order valence-corrected chi connectivity index (χ4v) is 4.29. The number of hydrogen-bond donors (Lipinski definition) is 2. The first-order valence-corrected chi connectivity index (χ1v) is 10.7. The third-order valence-corrected chi connectivity index (χ3v) is 6.24. The van der Waals surface area contributed by atoms with Crippen LogP contribution < -0.4 is 11.1 Å². The van der Waals surface area contributed by atoms with Crippen molar-refractivity contribution in [3.8, 4) is 39.7 Å². The molecule has 1 aliphatic rings. The predicted molar refractivity (Wildman–Crippen MR) is 116 cm³/mol. The molecule has 0 spiro atoms. The van der Waals surface area contributed by atoms with E-state index >= 15 is 0 Å². The van der Waals surface area contributed by atoms with Gasteiger partial charge in [-0.25, -0.2) is 9.97 Å². The Morgan fingerprint density at radius 1 is 1.16 bits per heavy atom. The molecule has 4 aromatic heterocycles. The van der Waals surface area contributed by atoms with Gasteiger partial charge in [-0.3, -0.25) is 4.98 Å². The minimum atomic E-state index is -0.604. The van der Waals surface area contributed by atoms with Gasteiger partial charge in [-0.15, -0.1) is 21.5 Å². The summed E-state index contributed by atoms with van der Waals surface area (Å²) in [7, 11) is 0. The van der Waals surface area contributed by atoms with Crippen LogP contribution in [0.1, 0.15) is 18.5 Å². The summed E-state index contributed by atoms with van der Waals surface area (Å²) in [5.74, 6) is 0.812. The van der Waals surface area contributed by atoms with Crippen LogP contribution >= 0.6 is 11.3 Å². The van der Waals surface area contributed by atoms with Gasteiger partial charge < -0.3 is 15.5 Å². The Balaban J connectivity index is 1.52. The van der Waals surface area contributed by atoms with Crippen molar-refractivity contribution in [1.82, 2.24) is 30.5 Å². The zero-order valence-corrected chi connectivity index (χ0v) is 17.3. The molecule has 0 aliphatic carbocycles. The van der Waals surface area contributed by atoms with Crippen LogP contribution in [0.2, 0.25) is 0 Å². The molecule has 9 nitrogen and oxygen atoms in total. The summed E-state index contributed by atoms with van der Waals surface area (Å²) in [6.07, 6.45) is 4.72. The molecule has 154 valence electrons. The highest BCUT2D eigenvalue weighted by Crippen LogP contribution is 2.34. The Hall–Kier alpha value is -3.68. The molecule has 0 unspecified atom stereocenters. The van der Waals surface area contributed by atoms with Crippen LogP contribution in [-0.2, 0) is 5.41 Å². The Morgan fingerprint density at radius 2 is 2.00 bits per heavy atom. The minimum absolute atomic E-state index is 0.200. The summed E-state index contributed by atoms with van der Waals surface area (Å²) in [5.41, 5.74) is 7.90. The fourth-order valence-electron chi connectivity index (χ4n) is 3.64. The number of nitrogens with one attached hydrogen (secondary N) is 1. The smallest absolute Gasteiger partial charge is 0.270 e. The summed E-state index contributed by atoms with van der Waals surface area (Å²) in [4.78, 5) is 14.3. The van der Waals surface area contributed by atoms with E-state index in [1.807, 2.05) is 29.6 Å². The van der Waals surface area contributed by atoms with Crippen LogP contribution in [0, 0.1) is 11.3 Å². The van der Waals surface area contributed by atoms with Gasteiger partial charge in [-0.1, -0.05) is 6.07 Å². The average molecular weight is 430 g/mol. The number of aromatic nitrogens is 5. The molecule has 0 bridgehead atoms. The molecule has 0 aromatic carbocycles. The van der Waals surface area contributed by atoms with Crippen LogP contribution in [-0.4, -0.2) is 38.2 Å². The number of pyridine rings is 1. The summed E-state index contributed by atoms with van der Waals surface area (Å²) >= 11 is 1.50. The monoisotopic (exact) mass is 430 g/mol. The number of nitrogens with zero attached hydrogens (tertiary/aromatic N) is 6. The van der Waals surface area contributed by atoms with E-state index in [9.17, 15) is 5.26 Å². The second-order valence-electron chi connectivity index (χ2n) is 7.25. The zero-order valence-electron chi connectivity index (χ0n) is 16.4. The zero-order chi connectivity index (χ0) is 21.3. The first-order valence-electron chi connectivity index (χ1n) is 9.78. The summed E-state index contributed by atoms with van der Waals surface area (Å²) in [6.45, 7) is 1.57. The lowest BCUT2D eigenvalue weighted by molar-refractivity contribution is 0.375. The molecule has 1 saturated heterocycles. The van der Waals surface area contributed by atoms with E-state index in [1.165, 1.54) is 11.3 Å². The van der Waals surface area contributed by atoms with Crippen LogP contribution in [0.15, 0.2) is 46.5 Å². The van der Waals surface area contributed by atoms with Crippen molar-refractivity contribution in [3.63, 3.8) is 0 Å². The van der Waals surface area contributed by atoms with Crippen LogP contribution in [0.3, 0.4) is 0 Å². The number of piperidine rings is 1. The lowest BCUT2D eigenvalue weighted by Gasteiger charge is -2.30. The number of hydrogen-bond acceptors (Lipinski definition) is 10. The normalized spacial score (nSPS) is 15.5. The van der Waals surface area contributed by atoms with Crippen molar-refractivity contribution in [1.29, 1.82) is 5.26 Å². The second kappa shape index (κ2) is 7.86. The molecule has 1 aliphatic heterocycles. The van der Waals surface area contributed by atoms with Gasteiger partial charge >= 0.3 is 0 Å². The quantitative estimate of drug-likeness (QED) is 0.500. The highest BCUT2D eigenvalue weighted by Gasteiger charge is 2.35. The molecule has 31 heavy (non-hydrogen) atoms. The third kappa shape index (κ3) is 3.54. The molecular weight excluding hydrogens is 412 g/mol. The van der Waals surface area contributed by atoms with Crippen molar-refractivity contribution in [2.24, 2.45) is 0 Å². The molecule has 10 heteroatoms. The third-order valence-electron chi connectivity index (χ3n) is 5.38. The van der Waals surface area contributed by atoms with Gasteiger partial charge in [0.15, 0.2) is 11.5 Å². The van der Waals surface area contributed by atoms with E-state index in [2.05, 4.69) is 36.5 Å². The van der Waals surface area contributed by atoms with Gasteiger partial charge in [-0.05, 0) is 49.5 Å². The Kier molecular flexibility index (Phi) is 4.89. The van der Waals surface area contributed by atoms with Crippen LogP contribution in [0.4, 0.5) is 5.82 Å². The van der Waals surface area contributed by atoms with E-state index in [0.29, 0.717) is 30.1 Å². The molecule has 3 N–H and O–H groups in total. The number of anilines is 1. The lowest BCUT2D eigenvalue weighted by atomic mass is 9.77. The molecule has 1 fully saturated rings. The molecular formula is C21H18N8OS. The van der Waals surface area contributed by atoms with Gasteiger partial charge in [0.25, 0.3) is 11.8 Å². The number of nitrogens with two attached hydrogens (primary N) is 1. The van der Waals surface area contributed by atoms with E-state index in [4.69, 9.17) is 10.2 Å². The molecule has 0 radical (unpaired) electrons. The van der Waals surface area contributed by atoms with Crippen molar-refractivity contribution >= 4 is 17.2 Å². The van der Waals surface area contributed by atoms with Gasteiger partial charge in [0.1, 0.15) is 5.41 Å². The largest absolute Gasteiger partial charge is 0.414 e. The van der Waals surface area contributed by atoms with E-state index in [0.717, 1.165) is 29.2 Å². The van der Waals surface area contributed by atoms with Gasteiger partial charge in [0.05, 0.1) is 28.5 Å². The summed E-state index contributed by atoms with van der Waals surface area (Å²) in [5, 5.41) is 23.3. The maximum Gasteiger partial charge on any atom is 0.270 e. The van der Waals surface area contributed by atoms with Gasteiger partial charge in [-0.2, -0.15) is 5.26 Å². The highest BCUT2D eigenvalue weighted by atomic mass is 32.1. The molecule has 5 rings (SSSR count). The maximum absolute atomic E-state index is 9.88. The molecule has 0 saturated carbocycles. The Morgan fingerprint density at radius 3 is 2.77 bits per heavy atom. The average Bonchev–Trinajstić information content (AvgIpc) is 3.52. The predicted octanol–water partition coefficient (Wildman–Crippen LogP) is 3.04. The second-order valence-corrected chi connectivity index (χ2v) is 8.20. The first kappa shape index (κ1) is 19.3. The van der Waals surface area contributed by atoms with Crippen molar-refractivity contribution < 1.29 is 4.42 Å². The Labute approximate surface area is 182 Å².